The number of allylic oxidation sites excluding steroid dienone is 1. The van der Waals surface area contributed by atoms with E-state index in [2.05, 4.69) is 42.5 Å². The fourth-order valence-electron chi connectivity index (χ4n) is 4.48. The molecule has 0 aliphatic heterocycles. The van der Waals surface area contributed by atoms with Gasteiger partial charge in [0.15, 0.2) is 0 Å². The number of hydrogen-bond donors (Lipinski definition) is 0. The van der Waals surface area contributed by atoms with Gasteiger partial charge in [0.1, 0.15) is 5.76 Å². The highest BCUT2D eigenvalue weighted by Gasteiger charge is 2.27. The third-order valence-electron chi connectivity index (χ3n) is 5.58. The topological polar surface area (TPSA) is 13.1 Å². The van der Waals surface area contributed by atoms with Gasteiger partial charge in [-0.05, 0) is 76.8 Å². The van der Waals surface area contributed by atoms with Crippen molar-refractivity contribution in [2.75, 3.05) is 0 Å². The van der Waals surface area contributed by atoms with Crippen molar-refractivity contribution in [1.29, 1.82) is 0 Å². The Kier molecular flexibility index (Phi) is 3.57. The van der Waals surface area contributed by atoms with E-state index in [1.165, 1.54) is 33.4 Å². The lowest BCUT2D eigenvalue weighted by molar-refractivity contribution is 0.484. The van der Waals surface area contributed by atoms with E-state index in [1.807, 2.05) is 12.1 Å². The highest BCUT2D eigenvalue weighted by molar-refractivity contribution is 6.31. The molecular weight excluding hydrogens is 328 g/mol. The summed E-state index contributed by atoms with van der Waals surface area (Å²) in [6, 6.07) is 14.9. The number of rotatable bonds is 2. The van der Waals surface area contributed by atoms with E-state index in [9.17, 15) is 0 Å². The van der Waals surface area contributed by atoms with Gasteiger partial charge in [-0.25, -0.2) is 0 Å². The van der Waals surface area contributed by atoms with Crippen molar-refractivity contribution in [3.05, 3.63) is 87.8 Å². The molecule has 1 unspecified atom stereocenters. The van der Waals surface area contributed by atoms with Crippen LogP contribution in [0.2, 0.25) is 5.02 Å². The molecule has 0 bridgehead atoms. The predicted octanol–water partition coefficient (Wildman–Crippen LogP) is 6.44. The van der Waals surface area contributed by atoms with Gasteiger partial charge in [0.2, 0.25) is 0 Å². The molecular formula is C23H19ClO. The van der Waals surface area contributed by atoms with Crippen molar-refractivity contribution in [1.82, 2.24) is 0 Å². The lowest BCUT2D eigenvalue weighted by atomic mass is 9.75. The van der Waals surface area contributed by atoms with Gasteiger partial charge < -0.3 is 4.42 Å². The van der Waals surface area contributed by atoms with E-state index in [-0.39, 0.29) is 0 Å². The first kappa shape index (κ1) is 15.0. The number of hydrogen-bond acceptors (Lipinski definition) is 1. The minimum Gasteiger partial charge on any atom is -0.469 e. The third kappa shape index (κ3) is 2.46. The summed E-state index contributed by atoms with van der Waals surface area (Å²) in [4.78, 5) is 0. The summed E-state index contributed by atoms with van der Waals surface area (Å²) in [5, 5.41) is 0.896. The summed E-state index contributed by atoms with van der Waals surface area (Å²) in [5.74, 6) is 1.56. The monoisotopic (exact) mass is 346 g/mol. The number of halogens is 1. The second-order valence-corrected chi connectivity index (χ2v) is 7.39. The molecule has 0 spiro atoms. The third-order valence-corrected chi connectivity index (χ3v) is 5.93. The molecule has 0 N–H and O–H groups in total. The molecule has 1 heterocycles. The highest BCUT2D eigenvalue weighted by atomic mass is 35.5. The Bertz CT molecular complexity index is 966. The first-order chi connectivity index (χ1) is 12.3. The van der Waals surface area contributed by atoms with E-state index in [4.69, 9.17) is 16.0 Å². The lowest BCUT2D eigenvalue weighted by Gasteiger charge is -2.30. The van der Waals surface area contributed by atoms with Gasteiger partial charge in [-0.3, -0.25) is 0 Å². The lowest BCUT2D eigenvalue weighted by Crippen LogP contribution is -2.15. The average Bonchev–Trinajstić information content (AvgIpc) is 3.14. The summed E-state index contributed by atoms with van der Waals surface area (Å²) < 4.78 is 5.63. The van der Waals surface area contributed by atoms with Gasteiger partial charge in [-0.2, -0.15) is 0 Å². The Morgan fingerprint density at radius 2 is 1.84 bits per heavy atom. The molecule has 5 rings (SSSR count). The second kappa shape index (κ2) is 5.93. The second-order valence-electron chi connectivity index (χ2n) is 6.98. The SMILES string of the molecule is Clc1cccc2c1CCc1c-2ccc2c1C(Cc1ccco1)CC=C2. The van der Waals surface area contributed by atoms with Crippen LogP contribution < -0.4 is 0 Å². The van der Waals surface area contributed by atoms with Crippen LogP contribution in [0.4, 0.5) is 0 Å². The standard InChI is InChI=1S/C23H19ClO/c24-22-8-2-7-18-19-10-9-15-4-1-5-16(14-17-6-3-13-25-17)23(15)21(19)12-11-20(18)22/h1-4,6-10,13,16H,5,11-12,14H2. The molecule has 2 aromatic carbocycles. The van der Waals surface area contributed by atoms with Crippen LogP contribution in [-0.2, 0) is 19.3 Å². The van der Waals surface area contributed by atoms with Crippen LogP contribution in [0, 0.1) is 0 Å². The van der Waals surface area contributed by atoms with Gasteiger partial charge in [-0.1, -0.05) is 48.0 Å². The van der Waals surface area contributed by atoms with Gasteiger partial charge in [0.05, 0.1) is 6.26 Å². The molecule has 1 nitrogen and oxygen atoms in total. The van der Waals surface area contributed by atoms with Crippen LogP contribution in [0.5, 0.6) is 0 Å². The van der Waals surface area contributed by atoms with Crippen molar-refractivity contribution in [3.63, 3.8) is 0 Å². The zero-order chi connectivity index (χ0) is 16.8. The Hall–Kier alpha value is -2.25. The molecule has 0 radical (unpaired) electrons. The van der Waals surface area contributed by atoms with Gasteiger partial charge in [0.25, 0.3) is 0 Å². The number of furan rings is 1. The molecule has 2 aliphatic rings. The summed E-state index contributed by atoms with van der Waals surface area (Å²) in [5.41, 5.74) is 8.36. The first-order valence-electron chi connectivity index (χ1n) is 8.93. The molecule has 0 saturated heterocycles. The zero-order valence-electron chi connectivity index (χ0n) is 14.0. The smallest absolute Gasteiger partial charge is 0.104 e. The van der Waals surface area contributed by atoms with Crippen LogP contribution in [0.15, 0.2) is 59.2 Å². The average molecular weight is 347 g/mol. The largest absolute Gasteiger partial charge is 0.469 e. The Balaban J connectivity index is 1.66. The van der Waals surface area contributed by atoms with Crippen LogP contribution in [0.3, 0.4) is 0 Å². The van der Waals surface area contributed by atoms with Crippen molar-refractivity contribution in [2.45, 2.75) is 31.6 Å². The number of benzene rings is 2. The molecule has 0 fully saturated rings. The summed E-state index contributed by atoms with van der Waals surface area (Å²) >= 11 is 6.45. The van der Waals surface area contributed by atoms with E-state index >= 15 is 0 Å². The summed E-state index contributed by atoms with van der Waals surface area (Å²) in [6.07, 6.45) is 10.5. The molecule has 1 aromatic heterocycles. The molecule has 1 atom stereocenters. The summed E-state index contributed by atoms with van der Waals surface area (Å²) in [7, 11) is 0. The maximum absolute atomic E-state index is 6.45. The fourth-order valence-corrected chi connectivity index (χ4v) is 4.75. The van der Waals surface area contributed by atoms with Crippen molar-refractivity contribution in [3.8, 4) is 11.1 Å². The molecule has 124 valence electrons. The minimum absolute atomic E-state index is 0.488. The maximum Gasteiger partial charge on any atom is 0.104 e. The predicted molar refractivity (Wildman–Crippen MR) is 103 cm³/mol. The molecule has 25 heavy (non-hydrogen) atoms. The Morgan fingerprint density at radius 3 is 2.72 bits per heavy atom. The van der Waals surface area contributed by atoms with Gasteiger partial charge >= 0.3 is 0 Å². The Morgan fingerprint density at radius 1 is 0.960 bits per heavy atom. The highest BCUT2D eigenvalue weighted by Crippen LogP contribution is 2.44. The Labute approximate surface area is 152 Å². The van der Waals surface area contributed by atoms with Crippen LogP contribution >= 0.6 is 11.6 Å². The van der Waals surface area contributed by atoms with Crippen LogP contribution in [0.1, 0.15) is 40.4 Å². The number of fused-ring (bicyclic) bond motifs is 5. The molecule has 2 aliphatic carbocycles. The van der Waals surface area contributed by atoms with E-state index < -0.39 is 0 Å². The quantitative estimate of drug-likeness (QED) is 0.520. The van der Waals surface area contributed by atoms with Crippen molar-refractivity contribution in [2.24, 2.45) is 0 Å². The van der Waals surface area contributed by atoms with Gasteiger partial charge in [0, 0.05) is 11.4 Å². The summed E-state index contributed by atoms with van der Waals surface area (Å²) in [6.45, 7) is 0. The van der Waals surface area contributed by atoms with Crippen LogP contribution in [0.25, 0.3) is 17.2 Å². The molecule has 0 amide bonds. The van der Waals surface area contributed by atoms with Crippen LogP contribution in [-0.4, -0.2) is 0 Å². The maximum atomic E-state index is 6.45. The van der Waals surface area contributed by atoms with Crippen molar-refractivity contribution < 1.29 is 4.42 Å². The molecule has 3 aromatic rings. The molecule has 0 saturated carbocycles. The normalized spacial score (nSPS) is 17.7. The van der Waals surface area contributed by atoms with Crippen molar-refractivity contribution >= 4 is 17.7 Å². The van der Waals surface area contributed by atoms with E-state index in [0.29, 0.717) is 5.92 Å². The first-order valence-corrected chi connectivity index (χ1v) is 9.31. The molecule has 2 heteroatoms. The minimum atomic E-state index is 0.488. The van der Waals surface area contributed by atoms with Gasteiger partial charge in [-0.15, -0.1) is 0 Å². The van der Waals surface area contributed by atoms with E-state index in [1.54, 1.807) is 6.26 Å². The van der Waals surface area contributed by atoms with E-state index in [0.717, 1.165) is 36.5 Å². The zero-order valence-corrected chi connectivity index (χ0v) is 14.7. The fraction of sp³-hybridized carbons (Fsp3) is 0.217.